The topological polar surface area (TPSA) is 36.0 Å². The SMILES string of the molecule is CCN(C(=O)CN1CCN(c2ccccc2OC)CC1)c1cccc2ccccc12. The second-order valence-corrected chi connectivity index (χ2v) is 7.57. The van der Waals surface area contributed by atoms with Crippen LogP contribution in [0.5, 0.6) is 5.75 Å². The standard InChI is InChI=1S/C25H29N3O2/c1-3-28(22-13-8-10-20-9-4-5-11-21(20)22)25(29)19-26-15-17-27(18-16-26)23-12-6-7-14-24(23)30-2/h4-14H,3,15-19H2,1-2H3. The van der Waals surface area contributed by atoms with E-state index in [-0.39, 0.29) is 5.91 Å². The Bertz CT molecular complexity index is 1010. The average molecular weight is 404 g/mol. The Kier molecular flexibility index (Phi) is 6.19. The summed E-state index contributed by atoms with van der Waals surface area (Å²) in [7, 11) is 1.71. The van der Waals surface area contributed by atoms with E-state index >= 15 is 0 Å². The number of hydrogen-bond acceptors (Lipinski definition) is 4. The van der Waals surface area contributed by atoms with Crippen LogP contribution in [-0.2, 0) is 4.79 Å². The van der Waals surface area contributed by atoms with E-state index in [0.717, 1.165) is 54.1 Å². The molecule has 156 valence electrons. The summed E-state index contributed by atoms with van der Waals surface area (Å²) in [4.78, 5) is 19.7. The number of anilines is 2. The zero-order chi connectivity index (χ0) is 20.9. The quantitative estimate of drug-likeness (QED) is 0.623. The lowest BCUT2D eigenvalue weighted by Crippen LogP contribution is -2.50. The number of ether oxygens (including phenoxy) is 1. The van der Waals surface area contributed by atoms with Crippen LogP contribution in [0.2, 0.25) is 0 Å². The maximum Gasteiger partial charge on any atom is 0.241 e. The molecule has 0 aromatic heterocycles. The molecular weight excluding hydrogens is 374 g/mol. The highest BCUT2D eigenvalue weighted by Gasteiger charge is 2.24. The number of methoxy groups -OCH3 is 1. The van der Waals surface area contributed by atoms with E-state index in [2.05, 4.69) is 34.1 Å². The van der Waals surface area contributed by atoms with E-state index in [4.69, 9.17) is 4.74 Å². The summed E-state index contributed by atoms with van der Waals surface area (Å²) in [5.74, 6) is 1.05. The number of likely N-dealkylation sites (N-methyl/N-ethyl adjacent to an activating group) is 1. The van der Waals surface area contributed by atoms with Crippen molar-refractivity contribution in [2.75, 3.05) is 56.2 Å². The van der Waals surface area contributed by atoms with Crippen LogP contribution in [0.15, 0.2) is 66.7 Å². The van der Waals surface area contributed by atoms with Crippen LogP contribution in [0.1, 0.15) is 6.92 Å². The van der Waals surface area contributed by atoms with Crippen molar-refractivity contribution in [2.24, 2.45) is 0 Å². The van der Waals surface area contributed by atoms with Crippen LogP contribution in [0.25, 0.3) is 10.8 Å². The van der Waals surface area contributed by atoms with Crippen molar-refractivity contribution in [1.82, 2.24) is 4.90 Å². The number of benzene rings is 3. The number of amides is 1. The van der Waals surface area contributed by atoms with Crippen molar-refractivity contribution < 1.29 is 9.53 Å². The second kappa shape index (κ2) is 9.18. The largest absolute Gasteiger partial charge is 0.495 e. The van der Waals surface area contributed by atoms with Gasteiger partial charge in [0.1, 0.15) is 5.75 Å². The predicted octanol–water partition coefficient (Wildman–Crippen LogP) is 4.02. The number of nitrogens with zero attached hydrogens (tertiary/aromatic N) is 3. The summed E-state index contributed by atoms with van der Waals surface area (Å²) >= 11 is 0. The van der Waals surface area contributed by atoms with Gasteiger partial charge in [0.15, 0.2) is 0 Å². The average Bonchev–Trinajstić information content (AvgIpc) is 2.80. The fourth-order valence-corrected chi connectivity index (χ4v) is 4.24. The number of rotatable bonds is 6. The van der Waals surface area contributed by atoms with Gasteiger partial charge in [0.05, 0.1) is 25.0 Å². The summed E-state index contributed by atoms with van der Waals surface area (Å²) in [6.45, 7) is 6.62. The summed E-state index contributed by atoms with van der Waals surface area (Å²) in [6, 6.07) is 22.5. The second-order valence-electron chi connectivity index (χ2n) is 7.57. The minimum atomic E-state index is 0.152. The molecule has 1 aliphatic rings. The van der Waals surface area contributed by atoms with E-state index in [9.17, 15) is 4.79 Å². The van der Waals surface area contributed by atoms with Crippen LogP contribution in [-0.4, -0.2) is 57.2 Å². The highest BCUT2D eigenvalue weighted by molar-refractivity contribution is 6.04. The molecule has 0 spiro atoms. The van der Waals surface area contributed by atoms with Gasteiger partial charge in [-0.2, -0.15) is 0 Å². The molecule has 1 fully saturated rings. The number of carbonyl (C=O) groups is 1. The van der Waals surface area contributed by atoms with E-state index in [1.165, 1.54) is 0 Å². The molecule has 1 heterocycles. The van der Waals surface area contributed by atoms with Gasteiger partial charge in [-0.15, -0.1) is 0 Å². The minimum Gasteiger partial charge on any atom is -0.495 e. The lowest BCUT2D eigenvalue weighted by molar-refractivity contribution is -0.119. The fraction of sp³-hybridized carbons (Fsp3) is 0.320. The highest BCUT2D eigenvalue weighted by Crippen LogP contribution is 2.29. The molecule has 0 N–H and O–H groups in total. The number of carbonyl (C=O) groups excluding carboxylic acids is 1. The lowest BCUT2D eigenvalue weighted by atomic mass is 10.1. The van der Waals surface area contributed by atoms with E-state index in [1.807, 2.05) is 54.3 Å². The van der Waals surface area contributed by atoms with Crippen LogP contribution < -0.4 is 14.5 Å². The van der Waals surface area contributed by atoms with Crippen molar-refractivity contribution >= 4 is 28.1 Å². The molecule has 3 aromatic rings. The Morgan fingerprint density at radius 3 is 2.40 bits per heavy atom. The number of fused-ring (bicyclic) bond motifs is 1. The molecule has 0 saturated carbocycles. The van der Waals surface area contributed by atoms with Crippen LogP contribution in [0.4, 0.5) is 11.4 Å². The van der Waals surface area contributed by atoms with Crippen molar-refractivity contribution in [3.63, 3.8) is 0 Å². The third-order valence-electron chi connectivity index (χ3n) is 5.83. The molecule has 0 aliphatic carbocycles. The van der Waals surface area contributed by atoms with Gasteiger partial charge >= 0.3 is 0 Å². The molecule has 1 amide bonds. The van der Waals surface area contributed by atoms with Crippen LogP contribution in [0.3, 0.4) is 0 Å². The van der Waals surface area contributed by atoms with Gasteiger partial charge in [0.2, 0.25) is 5.91 Å². The van der Waals surface area contributed by atoms with E-state index in [0.29, 0.717) is 13.1 Å². The predicted molar refractivity (Wildman–Crippen MR) is 124 cm³/mol. The summed E-state index contributed by atoms with van der Waals surface area (Å²) in [5, 5.41) is 2.28. The van der Waals surface area contributed by atoms with Crippen molar-refractivity contribution in [1.29, 1.82) is 0 Å². The van der Waals surface area contributed by atoms with Crippen molar-refractivity contribution in [3.8, 4) is 5.75 Å². The Morgan fingerprint density at radius 1 is 0.933 bits per heavy atom. The lowest BCUT2D eigenvalue weighted by Gasteiger charge is -2.37. The first-order chi connectivity index (χ1) is 14.7. The molecule has 1 saturated heterocycles. The number of hydrogen-bond donors (Lipinski definition) is 0. The third kappa shape index (κ3) is 4.12. The maximum absolute atomic E-state index is 13.2. The molecular formula is C25H29N3O2. The van der Waals surface area contributed by atoms with Gasteiger partial charge in [-0.3, -0.25) is 9.69 Å². The molecule has 1 aliphatic heterocycles. The highest BCUT2D eigenvalue weighted by atomic mass is 16.5. The van der Waals surface area contributed by atoms with Gasteiger partial charge < -0.3 is 14.5 Å². The van der Waals surface area contributed by atoms with E-state index in [1.54, 1.807) is 7.11 Å². The van der Waals surface area contributed by atoms with E-state index < -0.39 is 0 Å². The first-order valence-electron chi connectivity index (χ1n) is 10.6. The molecule has 0 bridgehead atoms. The fourth-order valence-electron chi connectivity index (χ4n) is 4.24. The Morgan fingerprint density at radius 2 is 1.63 bits per heavy atom. The van der Waals surface area contributed by atoms with Gasteiger partial charge in [-0.25, -0.2) is 0 Å². The Labute approximate surface area is 178 Å². The third-order valence-corrected chi connectivity index (χ3v) is 5.83. The molecule has 30 heavy (non-hydrogen) atoms. The Hall–Kier alpha value is -3.05. The Balaban J connectivity index is 1.43. The molecule has 4 rings (SSSR count). The monoisotopic (exact) mass is 403 g/mol. The maximum atomic E-state index is 13.2. The molecule has 5 nitrogen and oxygen atoms in total. The van der Waals surface area contributed by atoms with Crippen molar-refractivity contribution in [3.05, 3.63) is 66.7 Å². The van der Waals surface area contributed by atoms with Gasteiger partial charge in [-0.1, -0.05) is 48.5 Å². The zero-order valence-corrected chi connectivity index (χ0v) is 17.8. The molecule has 3 aromatic carbocycles. The summed E-state index contributed by atoms with van der Waals surface area (Å²) < 4.78 is 5.50. The number of para-hydroxylation sites is 2. The minimum absolute atomic E-state index is 0.152. The first-order valence-corrected chi connectivity index (χ1v) is 10.6. The van der Waals surface area contributed by atoms with Crippen LogP contribution in [0, 0.1) is 0 Å². The summed E-state index contributed by atoms with van der Waals surface area (Å²) in [6.07, 6.45) is 0. The van der Waals surface area contributed by atoms with Crippen molar-refractivity contribution in [2.45, 2.75) is 6.92 Å². The normalized spacial score (nSPS) is 14.7. The molecule has 0 unspecified atom stereocenters. The van der Waals surface area contributed by atoms with Gasteiger partial charge in [-0.05, 0) is 30.5 Å². The van der Waals surface area contributed by atoms with Gasteiger partial charge in [0.25, 0.3) is 0 Å². The van der Waals surface area contributed by atoms with Crippen LogP contribution >= 0.6 is 0 Å². The number of piperazine rings is 1. The van der Waals surface area contributed by atoms with Gasteiger partial charge in [0, 0.05) is 38.1 Å². The zero-order valence-electron chi connectivity index (χ0n) is 17.8. The molecule has 5 heteroatoms. The summed E-state index contributed by atoms with van der Waals surface area (Å²) in [5.41, 5.74) is 2.12. The first kappa shape index (κ1) is 20.2. The smallest absolute Gasteiger partial charge is 0.241 e. The molecule has 0 atom stereocenters. The molecule has 0 radical (unpaired) electrons.